The molecule has 3 unspecified atom stereocenters. The van der Waals surface area contributed by atoms with Gasteiger partial charge in [-0.2, -0.15) is 0 Å². The molecule has 0 amide bonds. The second-order valence-corrected chi connectivity index (χ2v) is 9.43. The third kappa shape index (κ3) is 7.51. The van der Waals surface area contributed by atoms with Gasteiger partial charge in [-0.25, -0.2) is 0 Å². The largest absolute Gasteiger partial charge is 0.508 e. The van der Waals surface area contributed by atoms with Gasteiger partial charge in [0.2, 0.25) is 0 Å². The number of nitrogens with two attached hydrogens (primary N) is 1. The van der Waals surface area contributed by atoms with Gasteiger partial charge < -0.3 is 21.1 Å². The second kappa shape index (κ2) is 13.6. The first-order valence-corrected chi connectivity index (χ1v) is 11.5. The third-order valence-electron chi connectivity index (χ3n) is 6.80. The highest BCUT2D eigenvalue weighted by molar-refractivity contribution is 6.30. The van der Waals surface area contributed by atoms with E-state index in [1.54, 1.807) is 6.07 Å². The van der Waals surface area contributed by atoms with Gasteiger partial charge in [0, 0.05) is 30.8 Å². The van der Waals surface area contributed by atoms with Crippen LogP contribution in [0, 0.1) is 0 Å². The molecule has 0 aromatic heterocycles. The number of carbonyl (C=O) groups is 1. The Balaban J connectivity index is 0.00000289. The first-order chi connectivity index (χ1) is 15.2. The lowest BCUT2D eigenvalue weighted by Gasteiger charge is -2.39. The molecule has 0 fully saturated rings. The number of hydrogen-bond donors (Lipinski definition) is 4. The minimum Gasteiger partial charge on any atom is -0.508 e. The monoisotopic (exact) mass is 530 g/mol. The van der Waals surface area contributed by atoms with Crippen LogP contribution < -0.4 is 5.73 Å². The molecule has 5 N–H and O–H groups in total. The van der Waals surface area contributed by atoms with E-state index in [-0.39, 0.29) is 49.0 Å². The number of hydrogen-bond acceptors (Lipinski definition) is 5. The molecule has 1 aliphatic rings. The number of phenols is 1. The quantitative estimate of drug-likeness (QED) is 0.349. The number of nitrogens with zero attached hydrogens (tertiary/aromatic N) is 1. The predicted molar refractivity (Wildman–Crippen MR) is 143 cm³/mol. The molecule has 3 rings (SSSR count). The summed E-state index contributed by atoms with van der Waals surface area (Å²) in [4.78, 5) is 14.4. The van der Waals surface area contributed by atoms with Crippen molar-refractivity contribution in [2.45, 2.75) is 62.6 Å². The van der Waals surface area contributed by atoms with Gasteiger partial charge in [0.1, 0.15) is 19.1 Å². The summed E-state index contributed by atoms with van der Waals surface area (Å²) >= 11 is 6.04. The van der Waals surface area contributed by atoms with Crippen LogP contribution in [-0.4, -0.2) is 52.2 Å². The number of benzene rings is 2. The molecule has 0 aliphatic carbocycles. The minimum atomic E-state index is -1.34. The number of phenolic OH excluding ortho intramolecular Hbond substituents is 1. The van der Waals surface area contributed by atoms with Crippen LogP contribution in [-0.2, 0) is 24.3 Å². The summed E-state index contributed by atoms with van der Waals surface area (Å²) < 4.78 is 0. The van der Waals surface area contributed by atoms with E-state index in [9.17, 15) is 15.0 Å². The maximum Gasteiger partial charge on any atom is 0.323 e. The zero-order valence-electron chi connectivity index (χ0n) is 19.3. The number of carboxylic acids is 1. The van der Waals surface area contributed by atoms with Gasteiger partial charge in [-0.15, -0.1) is 24.8 Å². The third-order valence-corrected chi connectivity index (χ3v) is 7.05. The first-order valence-electron chi connectivity index (χ1n) is 11.2. The molecule has 10 heteroatoms. The summed E-state index contributed by atoms with van der Waals surface area (Å²) in [5.41, 5.74) is 8.47. The number of rotatable bonds is 10. The van der Waals surface area contributed by atoms with E-state index >= 15 is 0 Å². The second-order valence-electron chi connectivity index (χ2n) is 8.99. The van der Waals surface area contributed by atoms with Crippen molar-refractivity contribution in [3.8, 4) is 5.75 Å². The fourth-order valence-electron chi connectivity index (χ4n) is 4.61. The summed E-state index contributed by atoms with van der Waals surface area (Å²) in [5.74, 6) is -0.990. The molecule has 0 bridgehead atoms. The molecule has 188 valence electrons. The highest BCUT2D eigenvalue weighted by Gasteiger charge is 2.40. The molecule has 34 heavy (non-hydrogen) atoms. The predicted octanol–water partition coefficient (Wildman–Crippen LogP) is 3.57. The average molecular weight is 532 g/mol. The van der Waals surface area contributed by atoms with Crippen LogP contribution in [0.4, 0.5) is 0 Å². The van der Waals surface area contributed by atoms with Crippen molar-refractivity contribution in [3.63, 3.8) is 0 Å². The van der Waals surface area contributed by atoms with Crippen molar-refractivity contribution in [1.82, 2.24) is 4.90 Å². The number of aliphatic hydroxyl groups excluding tert-OH is 1. The fraction of sp³-hybridized carbons (Fsp3) is 0.458. The van der Waals surface area contributed by atoms with Gasteiger partial charge in [0.15, 0.2) is 0 Å². The number of aliphatic carboxylic acids is 1. The number of aliphatic hydroxyl groups is 1. The van der Waals surface area contributed by atoms with Gasteiger partial charge >= 0.3 is 5.97 Å². The van der Waals surface area contributed by atoms with E-state index in [1.807, 2.05) is 44.2 Å². The summed E-state index contributed by atoms with van der Waals surface area (Å²) in [6.07, 6.45) is 2.87. The van der Waals surface area contributed by atoms with Crippen LogP contribution >= 0.6 is 36.4 Å². The lowest BCUT2D eigenvalue weighted by molar-refractivity contribution is -0.144. The van der Waals surface area contributed by atoms with Crippen LogP contribution in [0.1, 0.15) is 42.4 Å². The molecule has 0 saturated carbocycles. The Morgan fingerprint density at radius 2 is 1.88 bits per heavy atom. The summed E-state index contributed by atoms with van der Waals surface area (Å²) in [6, 6.07) is 13.3. The molecule has 0 saturated heterocycles. The first kappa shape index (κ1) is 30.6. The number of halogens is 3. The molecule has 1 aliphatic heterocycles. The van der Waals surface area contributed by atoms with E-state index in [2.05, 4.69) is 4.90 Å². The number of fused-ring (bicyclic) bond motifs is 1. The minimum absolute atomic E-state index is 0. The number of carboxylic acid groups (broad SMARTS) is 1. The van der Waals surface area contributed by atoms with Gasteiger partial charge in [0.25, 0.3) is 0 Å². The van der Waals surface area contributed by atoms with Crippen LogP contribution in [0.25, 0.3) is 0 Å². The van der Waals surface area contributed by atoms with Crippen molar-refractivity contribution in [1.29, 1.82) is 0 Å². The fourth-order valence-corrected chi connectivity index (χ4v) is 4.73. The molecule has 1 heterocycles. The van der Waals surface area contributed by atoms with E-state index in [4.69, 9.17) is 22.4 Å². The normalized spacial score (nSPS) is 18.0. The summed E-state index contributed by atoms with van der Waals surface area (Å²) in [7, 11) is 1.86. The van der Waals surface area contributed by atoms with Crippen molar-refractivity contribution >= 4 is 50.2 Å². The Labute approximate surface area is 219 Å². The van der Waals surface area contributed by atoms with Crippen LogP contribution in [0.2, 0.25) is 10.8 Å². The van der Waals surface area contributed by atoms with E-state index in [0.717, 1.165) is 17.5 Å². The molecule has 3 atom stereocenters. The van der Waals surface area contributed by atoms with E-state index in [0.29, 0.717) is 43.8 Å². The van der Waals surface area contributed by atoms with E-state index < -0.39 is 11.5 Å². The van der Waals surface area contributed by atoms with Gasteiger partial charge in [-0.3, -0.25) is 9.69 Å². The molecule has 0 spiro atoms. The topological polar surface area (TPSA) is 107 Å². The maximum atomic E-state index is 12.1. The highest BCUT2D eigenvalue weighted by Crippen LogP contribution is 2.34. The SMILES string of the molecule is BC(CCCO)C(N)(CCC1Cc2ccc(O)cc2CN1Cc1ccc(Cl)cc1)C(=O)O.Cl.Cl. The lowest BCUT2D eigenvalue weighted by atomic mass is 9.66. The number of aromatic hydroxyl groups is 1. The van der Waals surface area contributed by atoms with Crippen LogP contribution in [0.5, 0.6) is 5.75 Å². The molecule has 0 radical (unpaired) electrons. The molecule has 6 nitrogen and oxygen atoms in total. The highest BCUT2D eigenvalue weighted by atomic mass is 35.5. The van der Waals surface area contributed by atoms with Crippen molar-refractivity contribution in [2.75, 3.05) is 6.61 Å². The zero-order valence-corrected chi connectivity index (χ0v) is 21.7. The standard InChI is InChI=1S/C24H32BClN2O4.2ClH/c25-22(2-1-11-29)24(27,23(31)32)10-9-20-12-17-5-8-21(30)13-18(17)15-28(20)14-16-3-6-19(26)7-4-16;;/h3-8,13,20,22,29-30H,1-2,9-12,14-15,25,27H2,(H,31,32);2*1H. The van der Waals surface area contributed by atoms with Crippen molar-refractivity contribution in [3.05, 3.63) is 64.2 Å². The Morgan fingerprint density at radius 3 is 2.50 bits per heavy atom. The molecule has 2 aromatic carbocycles. The smallest absolute Gasteiger partial charge is 0.323 e. The van der Waals surface area contributed by atoms with Gasteiger partial charge in [-0.05, 0) is 72.5 Å². The Morgan fingerprint density at radius 1 is 1.21 bits per heavy atom. The van der Waals surface area contributed by atoms with Crippen molar-refractivity contribution < 1.29 is 20.1 Å². The molecular weight excluding hydrogens is 497 g/mol. The van der Waals surface area contributed by atoms with Gasteiger partial charge in [0.05, 0.1) is 0 Å². The molecular formula is C24H34BCl3N2O4. The Hall–Kier alpha value is -1.48. The Kier molecular flexibility index (Phi) is 12.2. The lowest BCUT2D eigenvalue weighted by Crippen LogP contribution is -2.53. The summed E-state index contributed by atoms with van der Waals surface area (Å²) in [6.45, 7) is 1.39. The zero-order chi connectivity index (χ0) is 23.3. The van der Waals surface area contributed by atoms with E-state index in [1.165, 1.54) is 5.56 Å². The molecule has 2 aromatic rings. The van der Waals surface area contributed by atoms with Crippen LogP contribution in [0.3, 0.4) is 0 Å². The van der Waals surface area contributed by atoms with Gasteiger partial charge in [-0.1, -0.05) is 36.2 Å². The summed E-state index contributed by atoms with van der Waals surface area (Å²) in [5, 5.41) is 29.7. The van der Waals surface area contributed by atoms with Crippen molar-refractivity contribution in [2.24, 2.45) is 5.73 Å². The van der Waals surface area contributed by atoms with Crippen LogP contribution in [0.15, 0.2) is 42.5 Å². The maximum absolute atomic E-state index is 12.1. The average Bonchev–Trinajstić information content (AvgIpc) is 2.77. The Bertz CT molecular complexity index is 935.